The van der Waals surface area contributed by atoms with E-state index >= 15 is 0 Å². The van der Waals surface area contributed by atoms with Crippen LogP contribution in [0.4, 0.5) is 0 Å². The summed E-state index contributed by atoms with van der Waals surface area (Å²) in [5.41, 5.74) is 0. The van der Waals surface area contributed by atoms with Crippen LogP contribution in [0.5, 0.6) is 0 Å². The fourth-order valence-corrected chi connectivity index (χ4v) is 0.155. The number of carbonyl (C=O) groups excluding carboxylic acids is 2. The maximum atomic E-state index is 9.41. The molecule has 0 fully saturated rings. The molecular formula is C6H2O4. The Kier molecular flexibility index (Phi) is 5.69. The van der Waals surface area contributed by atoms with Crippen molar-refractivity contribution in [3.63, 3.8) is 0 Å². The van der Waals surface area contributed by atoms with Crippen LogP contribution in [-0.4, -0.2) is 11.9 Å². The highest BCUT2D eigenvalue weighted by Gasteiger charge is 1.65. The summed E-state index contributed by atoms with van der Waals surface area (Å²) in [6.45, 7) is 0. The molecule has 0 aliphatic heterocycles. The van der Waals surface area contributed by atoms with E-state index in [1.807, 2.05) is 12.2 Å². The van der Waals surface area contributed by atoms with Gasteiger partial charge in [0.15, 0.2) is 36.6 Å². The highest BCUT2D eigenvalue weighted by molar-refractivity contribution is 5.43. The van der Waals surface area contributed by atoms with Gasteiger partial charge in [0, 0.05) is 0 Å². The third kappa shape index (κ3) is 6.06. The summed E-state index contributed by atoms with van der Waals surface area (Å²) >= 11 is 0. The summed E-state index contributed by atoms with van der Waals surface area (Å²) in [5.74, 6) is 2.63. The summed E-state index contributed by atoms with van der Waals surface area (Å²) in [6, 6.07) is 0. The Morgan fingerprint density at radius 1 is 0.900 bits per heavy atom. The van der Waals surface area contributed by atoms with Crippen molar-refractivity contribution in [2.75, 3.05) is 0 Å². The van der Waals surface area contributed by atoms with Crippen LogP contribution < -0.4 is 0 Å². The molecule has 0 atom stereocenters. The van der Waals surface area contributed by atoms with E-state index < -0.39 is 0 Å². The molecule has 0 radical (unpaired) electrons. The molecule has 0 bridgehead atoms. The molecule has 0 heterocycles. The minimum Gasteiger partial charge on any atom is -0.401 e. The molecule has 0 aliphatic rings. The normalized spacial score (nSPS) is 5.20. The molecule has 0 aliphatic carbocycles. The Bertz CT molecular complexity index is 208. The minimum atomic E-state index is 0.709. The standard InChI is InChI=1S/C6H2O4/c7-1-3-9-5-6-10-4-2-8/h3-4H. The molecule has 0 aromatic heterocycles. The van der Waals surface area contributed by atoms with Crippen LogP contribution in [-0.2, 0) is 19.1 Å². The highest BCUT2D eigenvalue weighted by Crippen LogP contribution is 1.68. The number of rotatable bonds is 2. The third-order valence-electron chi connectivity index (χ3n) is 0.374. The predicted molar refractivity (Wildman–Crippen MR) is 30.5 cm³/mol. The van der Waals surface area contributed by atoms with E-state index in [1.54, 1.807) is 0 Å². The van der Waals surface area contributed by atoms with E-state index in [0.29, 0.717) is 12.5 Å². The van der Waals surface area contributed by atoms with Crippen molar-refractivity contribution < 1.29 is 19.1 Å². The van der Waals surface area contributed by atoms with Crippen molar-refractivity contribution in [2.45, 2.75) is 0 Å². The van der Waals surface area contributed by atoms with Crippen molar-refractivity contribution >= 4 is 11.9 Å². The molecule has 0 unspecified atom stereocenters. The second-order valence-corrected chi connectivity index (χ2v) is 0.911. The maximum Gasteiger partial charge on any atom is 0.187 e. The summed E-state index contributed by atoms with van der Waals surface area (Å²) < 4.78 is 8.29. The van der Waals surface area contributed by atoms with Crippen LogP contribution in [0.3, 0.4) is 0 Å². The molecule has 4 heteroatoms. The second-order valence-electron chi connectivity index (χ2n) is 0.911. The highest BCUT2D eigenvalue weighted by atomic mass is 16.5. The average Bonchev–Trinajstić information content (AvgIpc) is 1.97. The third-order valence-corrected chi connectivity index (χ3v) is 0.374. The van der Waals surface area contributed by atoms with Crippen LogP contribution >= 0.6 is 0 Å². The summed E-state index contributed by atoms with van der Waals surface area (Å²) in [5, 5.41) is 0. The predicted octanol–water partition coefficient (Wildman–Crippen LogP) is -0.371. The van der Waals surface area contributed by atoms with Crippen LogP contribution in [0.2, 0.25) is 0 Å². The molecule has 0 saturated carbocycles. The largest absolute Gasteiger partial charge is 0.401 e. The van der Waals surface area contributed by atoms with Gasteiger partial charge in [-0.3, -0.25) is 0 Å². The van der Waals surface area contributed by atoms with Gasteiger partial charge in [0.05, 0.1) is 0 Å². The number of hydrogen-bond acceptors (Lipinski definition) is 4. The van der Waals surface area contributed by atoms with E-state index in [4.69, 9.17) is 0 Å². The number of ether oxygens (including phenoxy) is 2. The van der Waals surface area contributed by atoms with Crippen molar-refractivity contribution in [1.82, 2.24) is 0 Å². The fraction of sp³-hybridized carbons (Fsp3) is 0. The molecule has 0 amide bonds. The monoisotopic (exact) mass is 138 g/mol. The Morgan fingerprint density at radius 2 is 1.30 bits per heavy atom. The van der Waals surface area contributed by atoms with Gasteiger partial charge in [-0.25, -0.2) is 9.59 Å². The Balaban J connectivity index is 3.49. The van der Waals surface area contributed by atoms with E-state index in [0.717, 1.165) is 0 Å². The summed E-state index contributed by atoms with van der Waals surface area (Å²) in [4.78, 5) is 18.8. The topological polar surface area (TPSA) is 52.6 Å². The zero-order valence-electron chi connectivity index (χ0n) is 4.79. The van der Waals surface area contributed by atoms with E-state index in [2.05, 4.69) is 9.47 Å². The van der Waals surface area contributed by atoms with Crippen molar-refractivity contribution in [1.29, 1.82) is 0 Å². The van der Waals surface area contributed by atoms with Crippen LogP contribution in [0.1, 0.15) is 0 Å². The van der Waals surface area contributed by atoms with Gasteiger partial charge in [0.2, 0.25) is 0 Å². The van der Waals surface area contributed by atoms with Gasteiger partial charge in [-0.15, -0.1) is 0 Å². The van der Waals surface area contributed by atoms with Crippen molar-refractivity contribution in [3.8, 4) is 12.2 Å². The lowest BCUT2D eigenvalue weighted by Crippen LogP contribution is -1.69. The van der Waals surface area contributed by atoms with Gasteiger partial charge in [0.1, 0.15) is 0 Å². The summed E-state index contributed by atoms with van der Waals surface area (Å²) in [7, 11) is 0. The molecular weight excluding hydrogens is 136 g/mol. The summed E-state index contributed by atoms with van der Waals surface area (Å²) in [6.07, 6.45) is 5.26. The van der Waals surface area contributed by atoms with Crippen molar-refractivity contribution in [3.05, 3.63) is 12.5 Å². The Labute approximate surface area is 56.7 Å². The first kappa shape index (κ1) is 8.06. The molecule has 10 heavy (non-hydrogen) atoms. The van der Waals surface area contributed by atoms with Gasteiger partial charge < -0.3 is 9.47 Å². The first-order valence-electron chi connectivity index (χ1n) is 2.12. The Morgan fingerprint density at radius 3 is 1.60 bits per heavy atom. The van der Waals surface area contributed by atoms with Gasteiger partial charge in [-0.1, -0.05) is 0 Å². The minimum absolute atomic E-state index is 0.709. The molecule has 0 N–H and O–H groups in total. The van der Waals surface area contributed by atoms with Gasteiger partial charge in [0.25, 0.3) is 0 Å². The van der Waals surface area contributed by atoms with E-state index in [9.17, 15) is 9.59 Å². The van der Waals surface area contributed by atoms with Crippen LogP contribution in [0, 0.1) is 12.2 Å². The van der Waals surface area contributed by atoms with Gasteiger partial charge in [-0.2, -0.15) is 0 Å². The lowest BCUT2D eigenvalue weighted by Gasteiger charge is -1.76. The van der Waals surface area contributed by atoms with E-state index in [1.165, 1.54) is 11.9 Å². The van der Waals surface area contributed by atoms with E-state index in [-0.39, 0.29) is 0 Å². The van der Waals surface area contributed by atoms with Crippen LogP contribution in [0.15, 0.2) is 12.5 Å². The van der Waals surface area contributed by atoms with Gasteiger partial charge >= 0.3 is 0 Å². The van der Waals surface area contributed by atoms with Crippen LogP contribution in [0.25, 0.3) is 0 Å². The molecule has 0 spiro atoms. The maximum absolute atomic E-state index is 9.41. The average molecular weight is 138 g/mol. The molecule has 4 nitrogen and oxygen atoms in total. The lowest BCUT2D eigenvalue weighted by molar-refractivity contribution is 0.401. The lowest BCUT2D eigenvalue weighted by atomic mass is 11.0. The Hall–Kier alpha value is -1.94. The molecule has 0 saturated heterocycles. The number of hydrogen-bond donors (Lipinski definition) is 0. The van der Waals surface area contributed by atoms with Gasteiger partial charge in [-0.05, 0) is 0 Å². The fourth-order valence-electron chi connectivity index (χ4n) is 0.155. The SMILES string of the molecule is O=C=COC#COC=C=O. The zero-order valence-corrected chi connectivity index (χ0v) is 4.79. The molecule has 0 aromatic rings. The molecule has 0 aromatic carbocycles. The quantitative estimate of drug-likeness (QED) is 0.296. The second kappa shape index (κ2) is 7.06. The molecule has 50 valence electrons. The first-order valence-corrected chi connectivity index (χ1v) is 2.12. The van der Waals surface area contributed by atoms with Crippen molar-refractivity contribution in [2.24, 2.45) is 0 Å². The smallest absolute Gasteiger partial charge is 0.187 e. The first-order chi connectivity index (χ1) is 4.91. The zero-order chi connectivity index (χ0) is 7.66. The molecule has 0 rings (SSSR count).